The molecule has 0 saturated carbocycles. The fourth-order valence-electron chi connectivity index (χ4n) is 1.29. The highest BCUT2D eigenvalue weighted by Gasteiger charge is 2.24. The van der Waals surface area contributed by atoms with Crippen LogP contribution in [-0.4, -0.2) is 30.7 Å². The van der Waals surface area contributed by atoms with Crippen molar-refractivity contribution in [2.75, 3.05) is 13.7 Å². The lowest BCUT2D eigenvalue weighted by atomic mass is 10.2. The van der Waals surface area contributed by atoms with Crippen LogP contribution in [0.1, 0.15) is 0 Å². The normalized spacial score (nSPS) is 11.7. The molecule has 0 aromatic heterocycles. The lowest BCUT2D eigenvalue weighted by Gasteiger charge is -2.16. The summed E-state index contributed by atoms with van der Waals surface area (Å²) in [6, 6.07) is 2.73. The summed E-state index contributed by atoms with van der Waals surface area (Å²) in [5.41, 5.74) is 1.25. The first-order valence-corrected chi connectivity index (χ1v) is 5.09. The average Bonchev–Trinajstić information content (AvgIpc) is 2.38. The van der Waals surface area contributed by atoms with Crippen LogP contribution in [0.5, 0.6) is 5.75 Å². The van der Waals surface area contributed by atoms with E-state index >= 15 is 0 Å². The number of carbonyl (C=O) groups excluding carboxylic acids is 1. The van der Waals surface area contributed by atoms with Gasteiger partial charge in [0.1, 0.15) is 5.82 Å². The summed E-state index contributed by atoms with van der Waals surface area (Å²) in [5.74, 6) is 3.19. The number of carbonyl (C=O) groups is 1. The molecule has 1 aromatic carbocycles. The second kappa shape index (κ2) is 6.61. The number of halogens is 1. The van der Waals surface area contributed by atoms with Gasteiger partial charge in [-0.25, -0.2) is 10.2 Å². The van der Waals surface area contributed by atoms with E-state index in [1.807, 2.05) is 5.43 Å². The fraction of sp³-hybridized carbons (Fsp3) is 0.300. The molecule has 104 valence electrons. The molecule has 0 radical (unpaired) electrons. The third-order valence-corrected chi connectivity index (χ3v) is 2.14. The Morgan fingerprint density at radius 3 is 2.84 bits per heavy atom. The average molecular weight is 273 g/mol. The molecule has 0 fully saturated rings. The number of nitrogens with zero attached hydrogens (tertiary/aromatic N) is 1. The lowest BCUT2D eigenvalue weighted by molar-refractivity contribution is -0.386. The van der Waals surface area contributed by atoms with E-state index in [0.29, 0.717) is 6.07 Å². The molecule has 0 bridgehead atoms. The maximum absolute atomic E-state index is 12.9. The molecule has 0 aliphatic rings. The quantitative estimate of drug-likeness (QED) is 0.329. The van der Waals surface area contributed by atoms with Crippen LogP contribution < -0.4 is 16.0 Å². The van der Waals surface area contributed by atoms with Gasteiger partial charge < -0.3 is 9.47 Å². The summed E-state index contributed by atoms with van der Waals surface area (Å²) in [6.45, 7) is -0.169. The van der Waals surface area contributed by atoms with Crippen LogP contribution in [0.15, 0.2) is 18.2 Å². The Bertz CT molecular complexity index is 482. The number of hydrazine groups is 1. The van der Waals surface area contributed by atoms with Crippen molar-refractivity contribution in [2.24, 2.45) is 5.84 Å². The predicted molar refractivity (Wildman–Crippen MR) is 61.7 cm³/mol. The molecule has 1 rings (SSSR count). The minimum absolute atomic E-state index is 0.169. The SMILES string of the molecule is COCC(Oc1ccc(F)cc1[N+](=O)[O-])C(=O)NN. The zero-order valence-corrected chi connectivity index (χ0v) is 9.96. The number of benzene rings is 1. The molecule has 1 atom stereocenters. The van der Waals surface area contributed by atoms with Gasteiger partial charge in [0.2, 0.25) is 6.10 Å². The van der Waals surface area contributed by atoms with Crippen LogP contribution in [-0.2, 0) is 9.53 Å². The zero-order chi connectivity index (χ0) is 14.4. The molecule has 0 aliphatic carbocycles. The van der Waals surface area contributed by atoms with E-state index in [9.17, 15) is 19.3 Å². The van der Waals surface area contributed by atoms with Crippen molar-refractivity contribution in [2.45, 2.75) is 6.10 Å². The summed E-state index contributed by atoms with van der Waals surface area (Å²) in [5, 5.41) is 10.8. The molecular weight excluding hydrogens is 261 g/mol. The first kappa shape index (κ1) is 14.8. The van der Waals surface area contributed by atoms with Crippen molar-refractivity contribution in [3.63, 3.8) is 0 Å². The Balaban J connectivity index is 3.02. The Labute approximate surface area is 107 Å². The molecule has 1 unspecified atom stereocenters. The van der Waals surface area contributed by atoms with E-state index in [1.165, 1.54) is 7.11 Å². The molecular formula is C10H12FN3O5. The lowest BCUT2D eigenvalue weighted by Crippen LogP contribution is -2.44. The number of nitro benzene ring substituents is 1. The van der Waals surface area contributed by atoms with Crippen molar-refractivity contribution in [1.82, 2.24) is 5.43 Å². The van der Waals surface area contributed by atoms with E-state index in [4.69, 9.17) is 15.3 Å². The highest BCUT2D eigenvalue weighted by molar-refractivity contribution is 5.80. The Morgan fingerprint density at radius 2 is 2.32 bits per heavy atom. The van der Waals surface area contributed by atoms with Gasteiger partial charge in [-0.05, 0) is 12.1 Å². The van der Waals surface area contributed by atoms with Gasteiger partial charge in [0, 0.05) is 7.11 Å². The second-order valence-corrected chi connectivity index (χ2v) is 3.44. The molecule has 0 spiro atoms. The van der Waals surface area contributed by atoms with Crippen molar-refractivity contribution >= 4 is 11.6 Å². The van der Waals surface area contributed by atoms with E-state index < -0.39 is 28.4 Å². The van der Waals surface area contributed by atoms with Crippen molar-refractivity contribution in [3.8, 4) is 5.75 Å². The number of hydrogen-bond donors (Lipinski definition) is 2. The number of hydrogen-bond acceptors (Lipinski definition) is 6. The maximum atomic E-state index is 12.9. The first-order chi connectivity index (χ1) is 8.99. The Hall–Kier alpha value is -2.26. The molecule has 8 nitrogen and oxygen atoms in total. The molecule has 1 amide bonds. The van der Waals surface area contributed by atoms with Crippen molar-refractivity contribution < 1.29 is 23.6 Å². The first-order valence-electron chi connectivity index (χ1n) is 5.09. The highest BCUT2D eigenvalue weighted by Crippen LogP contribution is 2.28. The van der Waals surface area contributed by atoms with Crippen LogP contribution in [0, 0.1) is 15.9 Å². The van der Waals surface area contributed by atoms with Crippen LogP contribution >= 0.6 is 0 Å². The number of nitro groups is 1. The van der Waals surface area contributed by atoms with Crippen LogP contribution in [0.3, 0.4) is 0 Å². The number of amides is 1. The highest BCUT2D eigenvalue weighted by atomic mass is 19.1. The minimum Gasteiger partial charge on any atom is -0.471 e. The van der Waals surface area contributed by atoms with E-state index in [-0.39, 0.29) is 12.4 Å². The smallest absolute Gasteiger partial charge is 0.313 e. The van der Waals surface area contributed by atoms with E-state index in [0.717, 1.165) is 12.1 Å². The number of methoxy groups -OCH3 is 1. The standard InChI is InChI=1S/C10H12FN3O5/c1-18-5-9(10(15)13-12)19-8-3-2-6(11)4-7(8)14(16)17/h2-4,9H,5,12H2,1H3,(H,13,15). The molecule has 9 heteroatoms. The van der Waals surface area contributed by atoms with Crippen LogP contribution in [0.25, 0.3) is 0 Å². The summed E-state index contributed by atoms with van der Waals surface area (Å²) < 4.78 is 22.8. The number of nitrogens with one attached hydrogen (secondary N) is 1. The predicted octanol–water partition coefficient (Wildman–Crippen LogP) is 0.118. The molecule has 0 aliphatic heterocycles. The molecule has 1 aromatic rings. The zero-order valence-electron chi connectivity index (χ0n) is 9.96. The van der Waals surface area contributed by atoms with Gasteiger partial charge in [0.15, 0.2) is 5.75 Å². The molecule has 3 N–H and O–H groups in total. The summed E-state index contributed by atoms with van der Waals surface area (Å²) in [7, 11) is 1.32. The van der Waals surface area contributed by atoms with Gasteiger partial charge in [-0.3, -0.25) is 20.3 Å². The van der Waals surface area contributed by atoms with Crippen molar-refractivity contribution in [3.05, 3.63) is 34.1 Å². The molecule has 0 heterocycles. The van der Waals surface area contributed by atoms with Gasteiger partial charge >= 0.3 is 5.69 Å². The number of rotatable bonds is 6. The van der Waals surface area contributed by atoms with Gasteiger partial charge in [-0.2, -0.15) is 0 Å². The number of nitrogens with two attached hydrogens (primary N) is 1. The van der Waals surface area contributed by atoms with Crippen LogP contribution in [0.4, 0.5) is 10.1 Å². The third kappa shape index (κ3) is 3.86. The van der Waals surface area contributed by atoms with E-state index in [2.05, 4.69) is 0 Å². The molecule has 19 heavy (non-hydrogen) atoms. The van der Waals surface area contributed by atoms with Crippen LogP contribution in [0.2, 0.25) is 0 Å². The monoisotopic (exact) mass is 273 g/mol. The number of ether oxygens (including phenoxy) is 2. The Kier molecular flexibility index (Phi) is 5.15. The summed E-state index contributed by atoms with van der Waals surface area (Å²) in [6.07, 6.45) is -1.18. The topological polar surface area (TPSA) is 117 Å². The van der Waals surface area contributed by atoms with Crippen molar-refractivity contribution in [1.29, 1.82) is 0 Å². The second-order valence-electron chi connectivity index (χ2n) is 3.44. The Morgan fingerprint density at radius 1 is 1.63 bits per heavy atom. The summed E-state index contributed by atoms with van der Waals surface area (Å²) >= 11 is 0. The van der Waals surface area contributed by atoms with E-state index in [1.54, 1.807) is 0 Å². The third-order valence-electron chi connectivity index (χ3n) is 2.14. The largest absolute Gasteiger partial charge is 0.471 e. The van der Waals surface area contributed by atoms with Gasteiger partial charge in [-0.15, -0.1) is 0 Å². The minimum atomic E-state index is -1.18. The fourth-order valence-corrected chi connectivity index (χ4v) is 1.29. The van der Waals surface area contributed by atoms with Gasteiger partial charge in [0.05, 0.1) is 17.6 Å². The van der Waals surface area contributed by atoms with Gasteiger partial charge in [0.25, 0.3) is 5.91 Å². The maximum Gasteiger partial charge on any atom is 0.313 e. The molecule has 0 saturated heterocycles. The summed E-state index contributed by atoms with van der Waals surface area (Å²) in [4.78, 5) is 21.3. The van der Waals surface area contributed by atoms with Gasteiger partial charge in [-0.1, -0.05) is 0 Å².